The molecule has 0 aliphatic carbocycles. The van der Waals surface area contributed by atoms with Crippen LogP contribution >= 0.6 is 0 Å². The second-order valence-electron chi connectivity index (χ2n) is 7.69. The van der Waals surface area contributed by atoms with E-state index in [9.17, 15) is 18.2 Å². The highest BCUT2D eigenvalue weighted by Gasteiger charge is 2.29. The van der Waals surface area contributed by atoms with Gasteiger partial charge in [0.1, 0.15) is 5.52 Å². The predicted octanol–water partition coefficient (Wildman–Crippen LogP) is 1.73. The van der Waals surface area contributed by atoms with E-state index in [-0.39, 0.29) is 16.4 Å². The molecule has 2 heterocycles. The summed E-state index contributed by atoms with van der Waals surface area (Å²) in [6.07, 6.45) is 2.95. The number of aromatic nitrogens is 3. The predicted molar refractivity (Wildman–Crippen MR) is 124 cm³/mol. The maximum atomic E-state index is 12.5. The lowest BCUT2D eigenvalue weighted by molar-refractivity contribution is 0.0827. The van der Waals surface area contributed by atoms with Crippen molar-refractivity contribution < 1.29 is 22.3 Å². The van der Waals surface area contributed by atoms with Gasteiger partial charge in [0.2, 0.25) is 0 Å². The molecule has 11 heteroatoms. The quantitative estimate of drug-likeness (QED) is 0.417. The van der Waals surface area contributed by atoms with Crippen molar-refractivity contribution >= 4 is 39.9 Å². The van der Waals surface area contributed by atoms with Crippen LogP contribution in [0.4, 0.5) is 0 Å². The number of nitrogens with zero attached hydrogens (tertiary/aromatic N) is 3. The van der Waals surface area contributed by atoms with Gasteiger partial charge in [-0.05, 0) is 42.3 Å². The Bertz CT molecular complexity index is 1430. The number of nitrogens with one attached hydrogen (secondary N) is 1. The van der Waals surface area contributed by atoms with Gasteiger partial charge in [-0.25, -0.2) is 4.98 Å². The SMILES string of the molecule is Cc1cccc(S(=O)(=O)OB(O)c2cnc3[nH]cc(-c4ccc(C(=O)N(C)C)cc4)c3n2)c1. The number of carbonyl (C=O) groups is 1. The molecule has 0 fully saturated rings. The van der Waals surface area contributed by atoms with E-state index in [0.717, 1.165) is 11.1 Å². The first-order valence-electron chi connectivity index (χ1n) is 10.00. The van der Waals surface area contributed by atoms with Gasteiger partial charge in [-0.15, -0.1) is 0 Å². The van der Waals surface area contributed by atoms with Gasteiger partial charge in [-0.3, -0.25) is 13.9 Å². The first-order chi connectivity index (χ1) is 15.7. The lowest BCUT2D eigenvalue weighted by Gasteiger charge is -2.10. The van der Waals surface area contributed by atoms with Crippen LogP contribution in [0.2, 0.25) is 0 Å². The van der Waals surface area contributed by atoms with E-state index >= 15 is 0 Å². The normalized spacial score (nSPS) is 11.5. The van der Waals surface area contributed by atoms with Gasteiger partial charge in [0, 0.05) is 37.6 Å². The number of aromatic amines is 1. The van der Waals surface area contributed by atoms with Gasteiger partial charge >= 0.3 is 7.12 Å². The monoisotopic (exact) mass is 464 g/mol. The topological polar surface area (TPSA) is 125 Å². The number of amides is 1. The molecular formula is C22H21BN4O5S. The van der Waals surface area contributed by atoms with Crippen molar-refractivity contribution in [2.45, 2.75) is 11.8 Å². The van der Waals surface area contributed by atoms with Crippen LogP contribution in [-0.4, -0.2) is 60.4 Å². The van der Waals surface area contributed by atoms with Gasteiger partial charge in [0.15, 0.2) is 5.65 Å². The lowest BCUT2D eigenvalue weighted by atomic mass is 9.87. The maximum absolute atomic E-state index is 12.5. The van der Waals surface area contributed by atoms with Crippen molar-refractivity contribution in [2.75, 3.05) is 14.1 Å². The molecule has 0 saturated carbocycles. The Labute approximate surface area is 191 Å². The molecule has 0 unspecified atom stereocenters. The molecule has 2 aromatic carbocycles. The minimum absolute atomic E-state index is 0.0565. The maximum Gasteiger partial charge on any atom is 0.527 e. The summed E-state index contributed by atoms with van der Waals surface area (Å²) in [6, 6.07) is 13.2. The Morgan fingerprint density at radius 2 is 1.88 bits per heavy atom. The summed E-state index contributed by atoms with van der Waals surface area (Å²) < 4.78 is 30.0. The fourth-order valence-electron chi connectivity index (χ4n) is 3.29. The number of aryl methyl sites for hydroxylation is 1. The molecule has 0 radical (unpaired) electrons. The van der Waals surface area contributed by atoms with E-state index in [1.165, 1.54) is 23.2 Å². The second kappa shape index (κ2) is 8.78. The molecule has 0 spiro atoms. The van der Waals surface area contributed by atoms with E-state index in [1.54, 1.807) is 63.6 Å². The zero-order chi connectivity index (χ0) is 23.8. The molecule has 33 heavy (non-hydrogen) atoms. The lowest BCUT2D eigenvalue weighted by Crippen LogP contribution is -2.38. The fraction of sp³-hybridized carbons (Fsp3) is 0.136. The van der Waals surface area contributed by atoms with Gasteiger partial charge in [0.05, 0.1) is 10.5 Å². The molecule has 2 N–H and O–H groups in total. The highest BCUT2D eigenvalue weighted by Crippen LogP contribution is 2.26. The summed E-state index contributed by atoms with van der Waals surface area (Å²) >= 11 is 0. The van der Waals surface area contributed by atoms with E-state index < -0.39 is 17.2 Å². The van der Waals surface area contributed by atoms with Gasteiger partial charge in [-0.1, -0.05) is 24.3 Å². The summed E-state index contributed by atoms with van der Waals surface area (Å²) in [5.74, 6) is -0.113. The van der Waals surface area contributed by atoms with E-state index in [4.69, 9.17) is 4.10 Å². The van der Waals surface area contributed by atoms with Crippen LogP contribution in [0.15, 0.2) is 65.8 Å². The number of fused-ring (bicyclic) bond motifs is 1. The smallest absolute Gasteiger partial charge is 0.421 e. The van der Waals surface area contributed by atoms with Crippen molar-refractivity contribution in [2.24, 2.45) is 0 Å². The molecule has 0 saturated heterocycles. The van der Waals surface area contributed by atoms with Crippen LogP contribution in [-0.2, 0) is 14.2 Å². The van der Waals surface area contributed by atoms with Crippen LogP contribution in [0.3, 0.4) is 0 Å². The molecule has 9 nitrogen and oxygen atoms in total. The molecule has 2 aromatic heterocycles. The second-order valence-corrected chi connectivity index (χ2v) is 9.26. The van der Waals surface area contributed by atoms with Crippen molar-refractivity contribution in [1.29, 1.82) is 0 Å². The molecule has 4 rings (SSSR count). The van der Waals surface area contributed by atoms with E-state index in [0.29, 0.717) is 22.3 Å². The number of hydrogen-bond acceptors (Lipinski definition) is 7. The summed E-state index contributed by atoms with van der Waals surface area (Å²) in [5.41, 5.74) is 3.55. The van der Waals surface area contributed by atoms with Crippen LogP contribution in [0.1, 0.15) is 15.9 Å². The third kappa shape index (κ3) is 4.65. The Kier molecular flexibility index (Phi) is 6.02. The molecular weight excluding hydrogens is 443 g/mol. The van der Waals surface area contributed by atoms with E-state index in [1.807, 2.05) is 0 Å². The number of benzene rings is 2. The zero-order valence-corrected chi connectivity index (χ0v) is 19.0. The minimum atomic E-state index is -4.21. The Hall–Kier alpha value is -3.54. The highest BCUT2D eigenvalue weighted by molar-refractivity contribution is 7.87. The Morgan fingerprint density at radius 3 is 2.55 bits per heavy atom. The molecule has 4 aromatic rings. The first-order valence-corrected chi connectivity index (χ1v) is 11.4. The molecule has 0 aliphatic rings. The van der Waals surface area contributed by atoms with Crippen LogP contribution in [0, 0.1) is 6.92 Å². The van der Waals surface area contributed by atoms with Gasteiger partial charge in [0.25, 0.3) is 16.0 Å². The van der Waals surface area contributed by atoms with Crippen molar-refractivity contribution in [3.63, 3.8) is 0 Å². The standard InChI is InChI=1S/C22H21BN4O5S/c1-14-5-4-6-17(11-14)33(30,31)32-23(29)19-13-25-21-20(26-19)18(12-24-21)15-7-9-16(10-8-15)22(28)27(2)3/h4-13,29H,1-3H3,(H,24,25). The number of rotatable bonds is 6. The average Bonchev–Trinajstić information content (AvgIpc) is 3.21. The largest absolute Gasteiger partial charge is 0.527 e. The summed E-state index contributed by atoms with van der Waals surface area (Å²) in [7, 11) is -2.69. The third-order valence-electron chi connectivity index (χ3n) is 5.00. The van der Waals surface area contributed by atoms with Gasteiger partial charge in [-0.2, -0.15) is 8.42 Å². The van der Waals surface area contributed by atoms with Crippen LogP contribution in [0.5, 0.6) is 0 Å². The number of hydrogen-bond donors (Lipinski definition) is 2. The third-order valence-corrected chi connectivity index (χ3v) is 6.26. The summed E-state index contributed by atoms with van der Waals surface area (Å²) in [5, 5.41) is 10.4. The molecule has 1 amide bonds. The number of carbonyl (C=O) groups excluding carboxylic acids is 1. The van der Waals surface area contributed by atoms with Crippen molar-refractivity contribution in [3.05, 3.63) is 72.1 Å². The van der Waals surface area contributed by atoms with E-state index in [2.05, 4.69) is 15.0 Å². The molecule has 0 bridgehead atoms. The molecule has 0 atom stereocenters. The van der Waals surface area contributed by atoms with Crippen LogP contribution in [0.25, 0.3) is 22.3 Å². The highest BCUT2D eigenvalue weighted by atomic mass is 32.2. The Morgan fingerprint density at radius 1 is 1.15 bits per heavy atom. The van der Waals surface area contributed by atoms with Crippen LogP contribution < -0.4 is 5.59 Å². The minimum Gasteiger partial charge on any atom is -0.421 e. The molecule has 0 aliphatic heterocycles. The van der Waals surface area contributed by atoms with Crippen molar-refractivity contribution in [3.8, 4) is 11.1 Å². The van der Waals surface area contributed by atoms with Gasteiger partial charge < -0.3 is 14.9 Å². The molecule has 168 valence electrons. The average molecular weight is 464 g/mol. The summed E-state index contributed by atoms with van der Waals surface area (Å²) in [6.45, 7) is 1.76. The summed E-state index contributed by atoms with van der Waals surface area (Å²) in [4.78, 5) is 25.1. The first kappa shape index (κ1) is 22.7. The zero-order valence-electron chi connectivity index (χ0n) is 18.2. The van der Waals surface area contributed by atoms with Crippen molar-refractivity contribution in [1.82, 2.24) is 19.9 Å². The Balaban J connectivity index is 1.63. The fourth-order valence-corrected chi connectivity index (χ4v) is 4.32. The number of H-pyrrole nitrogens is 1.